The summed E-state index contributed by atoms with van der Waals surface area (Å²) in [5, 5.41) is 0. The lowest BCUT2D eigenvalue weighted by molar-refractivity contribution is -0.0116. The van der Waals surface area contributed by atoms with Crippen LogP contribution in [0.3, 0.4) is 0 Å². The standard InChI is InChI=1S/C12H26N2O/c1-4-12-9-15-6-5-14(12)8-11(13)7-10(2)3/h10-12H,4-9,13H2,1-3H3. The molecule has 0 bridgehead atoms. The van der Waals surface area contributed by atoms with Gasteiger partial charge in [0, 0.05) is 25.2 Å². The molecule has 2 atom stereocenters. The van der Waals surface area contributed by atoms with E-state index in [9.17, 15) is 0 Å². The number of nitrogens with zero attached hydrogens (tertiary/aromatic N) is 1. The van der Waals surface area contributed by atoms with E-state index in [-0.39, 0.29) is 0 Å². The van der Waals surface area contributed by atoms with Gasteiger partial charge in [-0.2, -0.15) is 0 Å². The van der Waals surface area contributed by atoms with Crippen molar-refractivity contribution in [2.24, 2.45) is 11.7 Å². The van der Waals surface area contributed by atoms with E-state index in [0.29, 0.717) is 18.0 Å². The van der Waals surface area contributed by atoms with Gasteiger partial charge in [-0.1, -0.05) is 20.8 Å². The Morgan fingerprint density at radius 3 is 2.80 bits per heavy atom. The van der Waals surface area contributed by atoms with Gasteiger partial charge in [0.15, 0.2) is 0 Å². The molecular weight excluding hydrogens is 188 g/mol. The molecule has 1 aliphatic heterocycles. The first-order valence-corrected chi connectivity index (χ1v) is 6.20. The van der Waals surface area contributed by atoms with Crippen LogP contribution in [0.15, 0.2) is 0 Å². The molecule has 2 unspecified atom stereocenters. The minimum Gasteiger partial charge on any atom is -0.378 e. The van der Waals surface area contributed by atoms with Crippen LogP contribution in [-0.4, -0.2) is 43.3 Å². The molecular formula is C12H26N2O. The summed E-state index contributed by atoms with van der Waals surface area (Å²) in [4.78, 5) is 2.50. The topological polar surface area (TPSA) is 38.5 Å². The summed E-state index contributed by atoms with van der Waals surface area (Å²) in [6.45, 7) is 10.5. The maximum atomic E-state index is 6.14. The number of nitrogens with two attached hydrogens (primary N) is 1. The van der Waals surface area contributed by atoms with Gasteiger partial charge in [-0.05, 0) is 18.8 Å². The van der Waals surface area contributed by atoms with Crippen LogP contribution >= 0.6 is 0 Å². The summed E-state index contributed by atoms with van der Waals surface area (Å²) >= 11 is 0. The zero-order valence-electron chi connectivity index (χ0n) is 10.4. The third-order valence-corrected chi connectivity index (χ3v) is 3.06. The SMILES string of the molecule is CCC1COCCN1CC(N)CC(C)C. The van der Waals surface area contributed by atoms with Crippen LogP contribution in [-0.2, 0) is 4.74 Å². The van der Waals surface area contributed by atoms with Crippen LogP contribution in [0.1, 0.15) is 33.6 Å². The average Bonchev–Trinajstić information content (AvgIpc) is 2.17. The number of ether oxygens (including phenoxy) is 1. The van der Waals surface area contributed by atoms with E-state index in [4.69, 9.17) is 10.5 Å². The molecule has 1 fully saturated rings. The second-order valence-electron chi connectivity index (χ2n) is 5.02. The molecule has 0 aromatic heterocycles. The lowest BCUT2D eigenvalue weighted by atomic mass is 10.0. The summed E-state index contributed by atoms with van der Waals surface area (Å²) in [5.74, 6) is 0.695. The van der Waals surface area contributed by atoms with Gasteiger partial charge in [0.2, 0.25) is 0 Å². The highest BCUT2D eigenvalue weighted by Crippen LogP contribution is 2.12. The molecule has 0 radical (unpaired) electrons. The predicted molar refractivity (Wildman–Crippen MR) is 63.9 cm³/mol. The van der Waals surface area contributed by atoms with E-state index >= 15 is 0 Å². The summed E-state index contributed by atoms with van der Waals surface area (Å²) in [6.07, 6.45) is 2.28. The van der Waals surface area contributed by atoms with E-state index in [1.807, 2.05) is 0 Å². The molecule has 0 aromatic rings. The molecule has 0 aliphatic carbocycles. The molecule has 0 amide bonds. The average molecular weight is 214 g/mol. The van der Waals surface area contributed by atoms with E-state index in [1.165, 1.54) is 0 Å². The van der Waals surface area contributed by atoms with Gasteiger partial charge in [0.1, 0.15) is 0 Å². The highest BCUT2D eigenvalue weighted by Gasteiger charge is 2.22. The van der Waals surface area contributed by atoms with Crippen LogP contribution in [0.2, 0.25) is 0 Å². The Balaban J connectivity index is 2.33. The lowest BCUT2D eigenvalue weighted by Crippen LogP contribution is -2.50. The molecule has 3 heteroatoms. The molecule has 15 heavy (non-hydrogen) atoms. The van der Waals surface area contributed by atoms with E-state index in [2.05, 4.69) is 25.7 Å². The van der Waals surface area contributed by atoms with Crippen molar-refractivity contribution < 1.29 is 4.74 Å². The van der Waals surface area contributed by atoms with Gasteiger partial charge in [0.05, 0.1) is 13.2 Å². The first-order chi connectivity index (χ1) is 7.13. The molecule has 1 rings (SSSR count). The van der Waals surface area contributed by atoms with Crippen molar-refractivity contribution in [3.8, 4) is 0 Å². The molecule has 0 aromatic carbocycles. The third-order valence-electron chi connectivity index (χ3n) is 3.06. The second-order valence-corrected chi connectivity index (χ2v) is 5.02. The number of hydrogen-bond donors (Lipinski definition) is 1. The quantitative estimate of drug-likeness (QED) is 0.753. The van der Waals surface area contributed by atoms with Crippen molar-refractivity contribution in [3.63, 3.8) is 0 Å². The fraction of sp³-hybridized carbons (Fsp3) is 1.00. The highest BCUT2D eigenvalue weighted by molar-refractivity contribution is 4.78. The summed E-state index contributed by atoms with van der Waals surface area (Å²) in [5.41, 5.74) is 6.14. The smallest absolute Gasteiger partial charge is 0.0622 e. The van der Waals surface area contributed by atoms with Crippen LogP contribution in [0, 0.1) is 5.92 Å². The van der Waals surface area contributed by atoms with Gasteiger partial charge >= 0.3 is 0 Å². The normalized spacial score (nSPS) is 25.8. The molecule has 1 heterocycles. The third kappa shape index (κ3) is 4.49. The number of hydrogen-bond acceptors (Lipinski definition) is 3. The summed E-state index contributed by atoms with van der Waals surface area (Å²) in [6, 6.07) is 0.897. The fourth-order valence-corrected chi connectivity index (χ4v) is 2.29. The predicted octanol–water partition coefficient (Wildman–Crippen LogP) is 1.47. The van der Waals surface area contributed by atoms with Crippen molar-refractivity contribution in [2.45, 2.75) is 45.7 Å². The summed E-state index contributed by atoms with van der Waals surface area (Å²) < 4.78 is 5.48. The highest BCUT2D eigenvalue weighted by atomic mass is 16.5. The van der Waals surface area contributed by atoms with Crippen molar-refractivity contribution >= 4 is 0 Å². The molecule has 3 nitrogen and oxygen atoms in total. The van der Waals surface area contributed by atoms with Crippen molar-refractivity contribution in [1.29, 1.82) is 0 Å². The number of morpholine rings is 1. The zero-order chi connectivity index (χ0) is 11.3. The Kier molecular flexibility index (Phi) is 5.58. The van der Waals surface area contributed by atoms with E-state index < -0.39 is 0 Å². The second kappa shape index (κ2) is 6.46. The largest absolute Gasteiger partial charge is 0.378 e. The molecule has 0 saturated carbocycles. The maximum absolute atomic E-state index is 6.14. The maximum Gasteiger partial charge on any atom is 0.0622 e. The van der Waals surface area contributed by atoms with Crippen LogP contribution < -0.4 is 5.73 Å². The van der Waals surface area contributed by atoms with Crippen molar-refractivity contribution in [2.75, 3.05) is 26.3 Å². The Morgan fingerprint density at radius 1 is 1.47 bits per heavy atom. The Bertz CT molecular complexity index is 173. The van der Waals surface area contributed by atoms with Crippen LogP contribution in [0.5, 0.6) is 0 Å². The lowest BCUT2D eigenvalue weighted by Gasteiger charge is -2.36. The van der Waals surface area contributed by atoms with Crippen LogP contribution in [0.25, 0.3) is 0 Å². The van der Waals surface area contributed by atoms with E-state index in [1.54, 1.807) is 0 Å². The zero-order valence-corrected chi connectivity index (χ0v) is 10.4. The van der Waals surface area contributed by atoms with Gasteiger partial charge < -0.3 is 10.5 Å². The Labute approximate surface area is 94.0 Å². The Morgan fingerprint density at radius 2 is 2.20 bits per heavy atom. The van der Waals surface area contributed by atoms with Crippen LogP contribution in [0.4, 0.5) is 0 Å². The summed E-state index contributed by atoms with van der Waals surface area (Å²) in [7, 11) is 0. The first-order valence-electron chi connectivity index (χ1n) is 6.20. The minimum absolute atomic E-state index is 0.317. The molecule has 1 aliphatic rings. The van der Waals surface area contributed by atoms with Crippen molar-refractivity contribution in [3.05, 3.63) is 0 Å². The fourth-order valence-electron chi connectivity index (χ4n) is 2.29. The molecule has 90 valence electrons. The molecule has 0 spiro atoms. The van der Waals surface area contributed by atoms with Crippen molar-refractivity contribution in [1.82, 2.24) is 4.90 Å². The Hall–Kier alpha value is -0.120. The number of rotatable bonds is 5. The van der Waals surface area contributed by atoms with Gasteiger partial charge in [-0.3, -0.25) is 4.90 Å². The molecule has 1 saturated heterocycles. The monoisotopic (exact) mass is 214 g/mol. The molecule has 2 N–H and O–H groups in total. The minimum atomic E-state index is 0.317. The van der Waals surface area contributed by atoms with E-state index in [0.717, 1.165) is 39.1 Å². The first kappa shape index (κ1) is 12.9. The van der Waals surface area contributed by atoms with Gasteiger partial charge in [-0.25, -0.2) is 0 Å². The van der Waals surface area contributed by atoms with Gasteiger partial charge in [-0.15, -0.1) is 0 Å². The van der Waals surface area contributed by atoms with Gasteiger partial charge in [0.25, 0.3) is 0 Å².